The number of nitro benzene ring substituents is 1. The second kappa shape index (κ2) is 7.74. The summed E-state index contributed by atoms with van der Waals surface area (Å²) in [5.41, 5.74) is 4.36. The van der Waals surface area contributed by atoms with Gasteiger partial charge in [0.2, 0.25) is 0 Å². The van der Waals surface area contributed by atoms with Gasteiger partial charge in [0.15, 0.2) is 0 Å². The summed E-state index contributed by atoms with van der Waals surface area (Å²) in [7, 11) is 0. The van der Waals surface area contributed by atoms with Crippen LogP contribution in [-0.2, 0) is 0 Å². The molecule has 0 amide bonds. The lowest BCUT2D eigenvalue weighted by molar-refractivity contribution is -0.384. The Kier molecular flexibility index (Phi) is 5.00. The minimum atomic E-state index is -0.374. The van der Waals surface area contributed by atoms with E-state index in [2.05, 4.69) is 41.8 Å². The van der Waals surface area contributed by atoms with Crippen LogP contribution < -0.4 is 0 Å². The van der Waals surface area contributed by atoms with Crippen LogP contribution in [0.2, 0.25) is 0 Å². The number of rotatable bonds is 5. The molecule has 0 saturated carbocycles. The Labute approximate surface area is 167 Å². The number of hydrogen-bond acceptors (Lipinski definition) is 3. The molecule has 0 spiro atoms. The maximum absolute atomic E-state index is 11.0. The fourth-order valence-corrected chi connectivity index (χ4v) is 4.33. The molecule has 1 heterocycles. The van der Waals surface area contributed by atoms with Crippen LogP contribution in [0.25, 0.3) is 16.8 Å². The molecule has 4 nitrogen and oxygen atoms in total. The van der Waals surface area contributed by atoms with Gasteiger partial charge in [0, 0.05) is 34.0 Å². The number of nitrogens with zero attached hydrogens (tertiary/aromatic N) is 2. The zero-order chi connectivity index (χ0) is 19.5. The Bertz CT molecular complexity index is 1100. The van der Waals surface area contributed by atoms with E-state index in [4.69, 9.17) is 0 Å². The first-order valence-electron chi connectivity index (χ1n) is 8.89. The summed E-state index contributed by atoms with van der Waals surface area (Å²) in [6.07, 6.45) is 0. The van der Waals surface area contributed by atoms with Gasteiger partial charge in [-0.05, 0) is 42.8 Å². The highest BCUT2D eigenvalue weighted by atomic mass is 32.2. The summed E-state index contributed by atoms with van der Waals surface area (Å²) in [5, 5.41) is 12.1. The molecule has 4 aromatic rings. The summed E-state index contributed by atoms with van der Waals surface area (Å²) >= 11 is 1.69. The highest BCUT2D eigenvalue weighted by Gasteiger charge is 2.17. The number of nitro groups is 1. The third-order valence-electron chi connectivity index (χ3n) is 4.50. The Hall–Kier alpha value is -3.31. The van der Waals surface area contributed by atoms with Crippen LogP contribution in [0.3, 0.4) is 0 Å². The van der Waals surface area contributed by atoms with E-state index in [0.29, 0.717) is 0 Å². The smallest absolute Gasteiger partial charge is 0.269 e. The van der Waals surface area contributed by atoms with Crippen LogP contribution in [0, 0.1) is 17.0 Å². The van der Waals surface area contributed by atoms with E-state index >= 15 is 0 Å². The maximum atomic E-state index is 11.0. The molecule has 0 atom stereocenters. The molecule has 0 aliphatic rings. The molecule has 28 heavy (non-hydrogen) atoms. The molecule has 138 valence electrons. The average molecular weight is 386 g/mol. The van der Waals surface area contributed by atoms with Gasteiger partial charge in [0.05, 0.1) is 9.95 Å². The third kappa shape index (κ3) is 3.57. The van der Waals surface area contributed by atoms with Gasteiger partial charge < -0.3 is 4.57 Å². The van der Waals surface area contributed by atoms with Crippen molar-refractivity contribution in [3.8, 4) is 16.8 Å². The van der Waals surface area contributed by atoms with E-state index in [1.807, 2.05) is 36.4 Å². The molecule has 0 unspecified atom stereocenters. The lowest BCUT2D eigenvalue weighted by Gasteiger charge is -2.13. The predicted molar refractivity (Wildman–Crippen MR) is 113 cm³/mol. The molecular weight excluding hydrogens is 368 g/mol. The van der Waals surface area contributed by atoms with Gasteiger partial charge in [-0.3, -0.25) is 10.1 Å². The molecule has 3 aromatic carbocycles. The van der Waals surface area contributed by atoms with Gasteiger partial charge in [-0.1, -0.05) is 60.3 Å². The van der Waals surface area contributed by atoms with Crippen LogP contribution in [0.1, 0.15) is 5.69 Å². The number of aromatic nitrogens is 1. The van der Waals surface area contributed by atoms with Gasteiger partial charge in [0.25, 0.3) is 5.69 Å². The third-order valence-corrected chi connectivity index (χ3v) is 5.60. The van der Waals surface area contributed by atoms with Crippen molar-refractivity contribution >= 4 is 17.4 Å². The second-order valence-electron chi connectivity index (χ2n) is 6.39. The monoisotopic (exact) mass is 386 g/mol. The van der Waals surface area contributed by atoms with Crippen molar-refractivity contribution in [1.29, 1.82) is 0 Å². The normalized spacial score (nSPS) is 10.8. The van der Waals surface area contributed by atoms with Crippen molar-refractivity contribution < 1.29 is 4.92 Å². The summed E-state index contributed by atoms with van der Waals surface area (Å²) in [6, 6.07) is 29.4. The topological polar surface area (TPSA) is 48.1 Å². The lowest BCUT2D eigenvalue weighted by Crippen LogP contribution is -1.99. The average Bonchev–Trinajstić information content (AvgIpc) is 3.05. The molecule has 0 aliphatic heterocycles. The van der Waals surface area contributed by atoms with E-state index in [1.165, 1.54) is 0 Å². The molecular formula is C23H18N2O2S. The van der Waals surface area contributed by atoms with Crippen molar-refractivity contribution in [3.05, 3.63) is 107 Å². The van der Waals surface area contributed by atoms with Crippen LogP contribution in [0.4, 0.5) is 5.69 Å². The molecule has 0 radical (unpaired) electrons. The minimum absolute atomic E-state index is 0.0918. The summed E-state index contributed by atoms with van der Waals surface area (Å²) in [6.45, 7) is 2.06. The Morgan fingerprint density at radius 1 is 0.857 bits per heavy atom. The standard InChI is InChI=1S/C23H18N2O2S/c1-17-16-22(18-8-4-2-5-9-18)23(28-21-10-6-3-7-11-21)24(17)19-12-14-20(15-13-19)25(26)27/h2-16H,1H3. The molecule has 5 heteroatoms. The zero-order valence-corrected chi connectivity index (χ0v) is 16.1. The van der Waals surface area contributed by atoms with Crippen molar-refractivity contribution in [2.75, 3.05) is 0 Å². The molecule has 0 fully saturated rings. The fourth-order valence-electron chi connectivity index (χ4n) is 3.19. The summed E-state index contributed by atoms with van der Waals surface area (Å²) in [5.74, 6) is 0. The largest absolute Gasteiger partial charge is 0.308 e. The zero-order valence-electron chi connectivity index (χ0n) is 15.3. The maximum Gasteiger partial charge on any atom is 0.269 e. The highest BCUT2D eigenvalue weighted by Crippen LogP contribution is 2.40. The van der Waals surface area contributed by atoms with E-state index in [1.54, 1.807) is 36.0 Å². The molecule has 1 aromatic heterocycles. The van der Waals surface area contributed by atoms with Crippen LogP contribution in [0.15, 0.2) is 101 Å². The van der Waals surface area contributed by atoms with E-state index in [-0.39, 0.29) is 10.6 Å². The van der Waals surface area contributed by atoms with Crippen molar-refractivity contribution in [2.24, 2.45) is 0 Å². The van der Waals surface area contributed by atoms with Gasteiger partial charge in [-0.2, -0.15) is 0 Å². The van der Waals surface area contributed by atoms with Crippen LogP contribution in [0.5, 0.6) is 0 Å². The Morgan fingerprint density at radius 3 is 2.07 bits per heavy atom. The molecule has 0 saturated heterocycles. The first-order chi connectivity index (χ1) is 13.6. The van der Waals surface area contributed by atoms with E-state index in [9.17, 15) is 10.1 Å². The minimum Gasteiger partial charge on any atom is -0.308 e. The Balaban J connectivity index is 1.87. The fraction of sp³-hybridized carbons (Fsp3) is 0.0435. The van der Waals surface area contributed by atoms with Crippen molar-refractivity contribution in [3.63, 3.8) is 0 Å². The van der Waals surface area contributed by atoms with Crippen molar-refractivity contribution in [2.45, 2.75) is 16.8 Å². The number of hydrogen-bond donors (Lipinski definition) is 0. The van der Waals surface area contributed by atoms with Crippen LogP contribution >= 0.6 is 11.8 Å². The molecule has 0 N–H and O–H groups in total. The molecule has 0 bridgehead atoms. The van der Waals surface area contributed by atoms with Gasteiger partial charge in [-0.15, -0.1) is 0 Å². The summed E-state index contributed by atoms with van der Waals surface area (Å²) in [4.78, 5) is 11.8. The SMILES string of the molecule is Cc1cc(-c2ccccc2)c(Sc2ccccc2)n1-c1ccc([N+](=O)[O-])cc1. The first-order valence-corrected chi connectivity index (χ1v) is 9.70. The quantitative estimate of drug-likeness (QED) is 0.290. The van der Waals surface area contributed by atoms with Gasteiger partial charge in [0.1, 0.15) is 0 Å². The van der Waals surface area contributed by atoms with Gasteiger partial charge >= 0.3 is 0 Å². The second-order valence-corrected chi connectivity index (χ2v) is 7.46. The number of benzene rings is 3. The van der Waals surface area contributed by atoms with Crippen LogP contribution in [-0.4, -0.2) is 9.49 Å². The number of aryl methyl sites for hydroxylation is 1. The molecule has 0 aliphatic carbocycles. The summed E-state index contributed by atoms with van der Waals surface area (Å²) < 4.78 is 2.16. The first kappa shape index (κ1) is 18.1. The lowest BCUT2D eigenvalue weighted by atomic mass is 10.1. The van der Waals surface area contributed by atoms with E-state index < -0.39 is 0 Å². The highest BCUT2D eigenvalue weighted by molar-refractivity contribution is 7.99. The number of non-ortho nitro benzene ring substituents is 1. The van der Waals surface area contributed by atoms with E-state index in [0.717, 1.165) is 32.4 Å². The predicted octanol–water partition coefficient (Wildman–Crippen LogP) is 6.51. The van der Waals surface area contributed by atoms with Gasteiger partial charge in [-0.25, -0.2) is 0 Å². The Morgan fingerprint density at radius 2 is 1.46 bits per heavy atom. The molecule has 4 rings (SSSR count). The van der Waals surface area contributed by atoms with Crippen molar-refractivity contribution in [1.82, 2.24) is 4.57 Å².